The topological polar surface area (TPSA) is 18.5 Å². The van der Waals surface area contributed by atoms with Crippen molar-refractivity contribution in [1.29, 1.82) is 0 Å². The lowest BCUT2D eigenvalue weighted by Gasteiger charge is -2.10. The van der Waals surface area contributed by atoms with Gasteiger partial charge in [-0.25, -0.2) is 0 Å². The van der Waals surface area contributed by atoms with Gasteiger partial charge in [0.15, 0.2) is 0 Å². The van der Waals surface area contributed by atoms with E-state index in [0.717, 1.165) is 5.57 Å². The minimum atomic E-state index is -4.68. The Balaban J connectivity index is 2.53. The largest absolute Gasteiger partial charge is 0.573 e. The van der Waals surface area contributed by atoms with Crippen molar-refractivity contribution in [1.82, 2.24) is 0 Å². The number of rotatable bonds is 5. The van der Waals surface area contributed by atoms with Crippen LogP contribution in [0.3, 0.4) is 0 Å². The van der Waals surface area contributed by atoms with Crippen LogP contribution in [0.2, 0.25) is 0 Å². The molecule has 0 aliphatic rings. The zero-order valence-electron chi connectivity index (χ0n) is 8.83. The SMILES string of the molecule is C=C(CS)COc1ccc(OC(F)(F)F)cc1. The third-order valence-corrected chi connectivity index (χ3v) is 2.17. The summed E-state index contributed by atoms with van der Waals surface area (Å²) < 4.78 is 44.6. The molecule has 94 valence electrons. The van der Waals surface area contributed by atoms with Gasteiger partial charge in [-0.3, -0.25) is 0 Å². The Kier molecular flexibility index (Phi) is 4.74. The van der Waals surface area contributed by atoms with Crippen LogP contribution in [0.15, 0.2) is 36.4 Å². The quantitative estimate of drug-likeness (QED) is 0.648. The van der Waals surface area contributed by atoms with E-state index in [1.54, 1.807) is 0 Å². The average molecular weight is 264 g/mol. The molecular formula is C11H11F3O2S. The summed E-state index contributed by atoms with van der Waals surface area (Å²) in [5, 5.41) is 0. The van der Waals surface area contributed by atoms with Gasteiger partial charge in [-0.15, -0.1) is 13.2 Å². The van der Waals surface area contributed by atoms with Crippen molar-refractivity contribution in [3.05, 3.63) is 36.4 Å². The maximum atomic E-state index is 11.9. The summed E-state index contributed by atoms with van der Waals surface area (Å²) in [4.78, 5) is 0. The van der Waals surface area contributed by atoms with Crippen molar-refractivity contribution >= 4 is 12.6 Å². The lowest BCUT2D eigenvalue weighted by Crippen LogP contribution is -2.16. The van der Waals surface area contributed by atoms with Crippen LogP contribution in [0.5, 0.6) is 11.5 Å². The summed E-state index contributed by atoms with van der Waals surface area (Å²) in [5.41, 5.74) is 0.781. The number of ether oxygens (including phenoxy) is 2. The van der Waals surface area contributed by atoms with E-state index in [1.807, 2.05) is 0 Å². The summed E-state index contributed by atoms with van der Waals surface area (Å²) in [6.07, 6.45) is -4.68. The highest BCUT2D eigenvalue weighted by Crippen LogP contribution is 2.24. The molecule has 17 heavy (non-hydrogen) atoms. The van der Waals surface area contributed by atoms with Crippen molar-refractivity contribution in [3.8, 4) is 11.5 Å². The van der Waals surface area contributed by atoms with E-state index >= 15 is 0 Å². The predicted molar refractivity (Wildman–Crippen MR) is 61.6 cm³/mol. The molecule has 0 saturated heterocycles. The van der Waals surface area contributed by atoms with Crippen LogP contribution in [-0.4, -0.2) is 18.7 Å². The van der Waals surface area contributed by atoms with Gasteiger partial charge in [0.1, 0.15) is 18.1 Å². The Bertz CT molecular complexity index is 373. The fraction of sp³-hybridized carbons (Fsp3) is 0.273. The molecule has 0 radical (unpaired) electrons. The Hall–Kier alpha value is -1.30. The normalized spacial score (nSPS) is 11.1. The van der Waals surface area contributed by atoms with Crippen LogP contribution >= 0.6 is 12.6 Å². The highest BCUT2D eigenvalue weighted by Gasteiger charge is 2.30. The van der Waals surface area contributed by atoms with Crippen molar-refractivity contribution in [2.45, 2.75) is 6.36 Å². The molecule has 0 unspecified atom stereocenters. The first-order chi connectivity index (χ1) is 7.90. The number of halogens is 3. The summed E-state index contributed by atoms with van der Waals surface area (Å²) in [6.45, 7) is 3.96. The van der Waals surface area contributed by atoms with Gasteiger partial charge in [0, 0.05) is 5.75 Å². The van der Waals surface area contributed by atoms with Gasteiger partial charge >= 0.3 is 6.36 Å². The minimum Gasteiger partial charge on any atom is -0.489 e. The first kappa shape index (κ1) is 13.8. The number of hydrogen-bond acceptors (Lipinski definition) is 3. The summed E-state index contributed by atoms with van der Waals surface area (Å²) in [6, 6.07) is 5.16. The van der Waals surface area contributed by atoms with Gasteiger partial charge < -0.3 is 9.47 Å². The molecule has 0 amide bonds. The molecular weight excluding hydrogens is 253 g/mol. The maximum Gasteiger partial charge on any atom is 0.573 e. The Labute approximate surface area is 102 Å². The molecule has 2 nitrogen and oxygen atoms in total. The predicted octanol–water partition coefficient (Wildman–Crippen LogP) is 3.45. The van der Waals surface area contributed by atoms with E-state index in [0.29, 0.717) is 11.5 Å². The van der Waals surface area contributed by atoms with E-state index in [9.17, 15) is 13.2 Å². The van der Waals surface area contributed by atoms with Gasteiger partial charge in [0.25, 0.3) is 0 Å². The Morgan fingerprint density at radius 3 is 2.18 bits per heavy atom. The molecule has 0 aliphatic heterocycles. The zero-order valence-corrected chi connectivity index (χ0v) is 9.72. The van der Waals surface area contributed by atoms with E-state index < -0.39 is 6.36 Å². The molecule has 1 aromatic rings. The molecule has 0 atom stereocenters. The molecule has 1 rings (SSSR count). The van der Waals surface area contributed by atoms with E-state index in [1.165, 1.54) is 24.3 Å². The molecule has 0 aliphatic carbocycles. The van der Waals surface area contributed by atoms with E-state index in [-0.39, 0.29) is 12.4 Å². The Morgan fingerprint density at radius 1 is 1.18 bits per heavy atom. The van der Waals surface area contributed by atoms with Crippen molar-refractivity contribution in [3.63, 3.8) is 0 Å². The van der Waals surface area contributed by atoms with Gasteiger partial charge in [-0.2, -0.15) is 12.6 Å². The van der Waals surface area contributed by atoms with Crippen LogP contribution in [-0.2, 0) is 0 Å². The summed E-state index contributed by atoms with van der Waals surface area (Å²) >= 11 is 4.00. The molecule has 0 aromatic heterocycles. The summed E-state index contributed by atoms with van der Waals surface area (Å²) in [5.74, 6) is 0.662. The molecule has 0 saturated carbocycles. The zero-order chi connectivity index (χ0) is 12.9. The smallest absolute Gasteiger partial charge is 0.489 e. The van der Waals surface area contributed by atoms with Crippen LogP contribution in [0.25, 0.3) is 0 Å². The number of benzene rings is 1. The van der Waals surface area contributed by atoms with E-state index in [4.69, 9.17) is 4.74 Å². The lowest BCUT2D eigenvalue weighted by atomic mass is 10.3. The van der Waals surface area contributed by atoms with Gasteiger partial charge in [0.2, 0.25) is 0 Å². The monoisotopic (exact) mass is 264 g/mol. The number of alkyl halides is 3. The highest BCUT2D eigenvalue weighted by molar-refractivity contribution is 7.80. The standard InChI is InChI=1S/C11H11F3O2S/c1-8(7-17)6-15-9-2-4-10(5-3-9)16-11(12,13)14/h2-5,17H,1,6-7H2. The second-order valence-electron chi connectivity index (χ2n) is 3.22. The first-order valence-corrected chi connectivity index (χ1v) is 5.30. The second kappa shape index (κ2) is 5.86. The van der Waals surface area contributed by atoms with Crippen molar-refractivity contribution < 1.29 is 22.6 Å². The van der Waals surface area contributed by atoms with Crippen LogP contribution < -0.4 is 9.47 Å². The van der Waals surface area contributed by atoms with Gasteiger partial charge in [0.05, 0.1) is 0 Å². The third-order valence-electron chi connectivity index (χ3n) is 1.72. The fourth-order valence-electron chi connectivity index (χ4n) is 0.969. The van der Waals surface area contributed by atoms with Gasteiger partial charge in [-0.05, 0) is 29.8 Å². The number of hydrogen-bond donors (Lipinski definition) is 1. The van der Waals surface area contributed by atoms with Crippen LogP contribution in [0.4, 0.5) is 13.2 Å². The lowest BCUT2D eigenvalue weighted by molar-refractivity contribution is -0.274. The highest BCUT2D eigenvalue weighted by atomic mass is 32.1. The molecule has 0 spiro atoms. The maximum absolute atomic E-state index is 11.9. The van der Waals surface area contributed by atoms with Crippen molar-refractivity contribution in [2.75, 3.05) is 12.4 Å². The first-order valence-electron chi connectivity index (χ1n) is 4.67. The fourth-order valence-corrected chi connectivity index (χ4v) is 1.06. The molecule has 1 aromatic carbocycles. The summed E-state index contributed by atoms with van der Waals surface area (Å²) in [7, 11) is 0. The minimum absolute atomic E-state index is 0.280. The molecule has 0 heterocycles. The van der Waals surface area contributed by atoms with Crippen LogP contribution in [0, 0.1) is 0 Å². The molecule has 6 heteroatoms. The second-order valence-corrected chi connectivity index (χ2v) is 3.53. The third kappa shape index (κ3) is 5.53. The molecule has 0 N–H and O–H groups in total. The average Bonchev–Trinajstić information content (AvgIpc) is 2.25. The van der Waals surface area contributed by atoms with Crippen LogP contribution in [0.1, 0.15) is 0 Å². The van der Waals surface area contributed by atoms with Gasteiger partial charge in [-0.1, -0.05) is 6.58 Å². The van der Waals surface area contributed by atoms with E-state index in [2.05, 4.69) is 23.9 Å². The van der Waals surface area contributed by atoms with Crippen molar-refractivity contribution in [2.24, 2.45) is 0 Å². The Morgan fingerprint density at radius 2 is 1.71 bits per heavy atom. The number of thiol groups is 1. The molecule has 0 fully saturated rings. The molecule has 0 bridgehead atoms.